The molecule has 0 saturated heterocycles. The molecule has 0 amide bonds. The summed E-state index contributed by atoms with van der Waals surface area (Å²) in [6.45, 7) is 9.58. The fraction of sp³-hybridized carbons (Fsp3) is 0.800. The van der Waals surface area contributed by atoms with Crippen molar-refractivity contribution in [1.82, 2.24) is 0 Å². The molecule has 0 aromatic heterocycles. The molecule has 1 aromatic carbocycles. The highest BCUT2D eigenvalue weighted by atomic mass is 16.4. The van der Waals surface area contributed by atoms with Crippen molar-refractivity contribution in [2.75, 3.05) is 0 Å². The van der Waals surface area contributed by atoms with Crippen molar-refractivity contribution in [2.24, 2.45) is 52.3 Å². The van der Waals surface area contributed by atoms with Gasteiger partial charge in [0.15, 0.2) is 0 Å². The van der Waals surface area contributed by atoms with Crippen LogP contribution < -0.4 is 0 Å². The van der Waals surface area contributed by atoms with Crippen LogP contribution in [-0.4, -0.2) is 44.2 Å². The van der Waals surface area contributed by atoms with Crippen LogP contribution in [0.25, 0.3) is 0 Å². The molecule has 0 radical (unpaired) electrons. The largest absolute Gasteiger partial charge is 0.478 e. The van der Waals surface area contributed by atoms with Crippen LogP contribution in [0.4, 0.5) is 0 Å². The van der Waals surface area contributed by atoms with E-state index in [-0.39, 0.29) is 34.9 Å². The van der Waals surface area contributed by atoms with Crippen molar-refractivity contribution in [3.8, 4) is 0 Å². The molecule has 1 aromatic rings. The fourth-order valence-electron chi connectivity index (χ4n) is 12.0. The van der Waals surface area contributed by atoms with Crippen molar-refractivity contribution >= 4 is 5.97 Å². The molecule has 0 bridgehead atoms. The van der Waals surface area contributed by atoms with E-state index in [1.807, 2.05) is 12.1 Å². The summed E-state index contributed by atoms with van der Waals surface area (Å²) in [6.07, 6.45) is 10.1. The van der Waals surface area contributed by atoms with Crippen LogP contribution in [0.1, 0.15) is 120 Å². The minimum atomic E-state index is -0.889. The third-order valence-corrected chi connectivity index (χ3v) is 13.7. The standard InChI is InChI=1S/C35H52O5/c1-5-23-29-16-22(36)12-14-34(29,4)28-13-15-33(3)26(10-11-27(33)30(28)31(23)37)20(2)17-35(40)18-21(19-35)24-8-6-7-9-25(24)32(38)39/h6-9,20-23,26-31,36-37,40H,5,10-19H2,1-4H3,(H,38,39)/t20-,21?,22-,23-,26-,27?,28?,29?,30?,31-,33?,34-,35?/m1/s1. The normalized spacial score (nSPS) is 48.8. The summed E-state index contributed by atoms with van der Waals surface area (Å²) in [5, 5.41) is 43.7. The average Bonchev–Trinajstić information content (AvgIpc) is 3.25. The van der Waals surface area contributed by atoms with Crippen LogP contribution in [-0.2, 0) is 0 Å². The van der Waals surface area contributed by atoms with E-state index < -0.39 is 11.6 Å². The first-order valence-electron chi connectivity index (χ1n) is 16.3. The third kappa shape index (κ3) is 4.31. The van der Waals surface area contributed by atoms with Gasteiger partial charge in [0.25, 0.3) is 0 Å². The Labute approximate surface area is 240 Å². The average molecular weight is 553 g/mol. The zero-order valence-corrected chi connectivity index (χ0v) is 25.1. The lowest BCUT2D eigenvalue weighted by Crippen LogP contribution is -2.62. The topological polar surface area (TPSA) is 98.0 Å². The molecule has 6 rings (SSSR count). The number of fused-ring (bicyclic) bond motifs is 5. The Morgan fingerprint density at radius 1 is 0.975 bits per heavy atom. The van der Waals surface area contributed by atoms with Crippen molar-refractivity contribution < 1.29 is 25.2 Å². The number of aromatic carboxylic acids is 1. The predicted molar refractivity (Wildman–Crippen MR) is 156 cm³/mol. The van der Waals surface area contributed by atoms with Crippen LogP contribution in [0.15, 0.2) is 24.3 Å². The minimum Gasteiger partial charge on any atom is -0.478 e. The molecule has 4 N–H and O–H groups in total. The zero-order valence-electron chi connectivity index (χ0n) is 25.1. The Morgan fingerprint density at radius 3 is 2.35 bits per heavy atom. The minimum absolute atomic E-state index is 0.109. The number of aliphatic hydroxyl groups is 3. The molecule has 40 heavy (non-hydrogen) atoms. The van der Waals surface area contributed by atoms with Gasteiger partial charge in [-0.15, -0.1) is 0 Å². The number of aliphatic hydroxyl groups excluding tert-OH is 2. The quantitative estimate of drug-likeness (QED) is 0.317. The summed E-state index contributed by atoms with van der Waals surface area (Å²) in [5.74, 6) is 2.27. The van der Waals surface area contributed by atoms with Gasteiger partial charge in [0, 0.05) is 0 Å². The first-order chi connectivity index (χ1) is 18.9. The molecule has 11 atom stereocenters. The maximum absolute atomic E-state index is 12.0. The van der Waals surface area contributed by atoms with Gasteiger partial charge in [-0.3, -0.25) is 0 Å². The Balaban J connectivity index is 1.17. The predicted octanol–water partition coefficient (Wildman–Crippen LogP) is 6.65. The third-order valence-electron chi connectivity index (χ3n) is 13.7. The SMILES string of the molecule is CC[C@@H]1C2C[C@H](O)CC[C@]2(C)C2CCC3(C)C(CC[C@@H]3[C@H](C)CC3(O)CC(c4ccccc4C(=O)O)C3)C2[C@@H]1O. The Morgan fingerprint density at radius 2 is 1.65 bits per heavy atom. The van der Waals surface area contributed by atoms with Crippen LogP contribution in [0.3, 0.4) is 0 Å². The van der Waals surface area contributed by atoms with E-state index in [4.69, 9.17) is 0 Å². The molecular formula is C35H52O5. The van der Waals surface area contributed by atoms with Gasteiger partial charge in [-0.1, -0.05) is 52.3 Å². The number of hydrogen-bond acceptors (Lipinski definition) is 4. The number of carboxylic acid groups (broad SMARTS) is 1. The first kappa shape index (κ1) is 28.7. The molecule has 5 fully saturated rings. The van der Waals surface area contributed by atoms with Crippen molar-refractivity contribution in [3.05, 3.63) is 35.4 Å². The summed E-state index contributed by atoms with van der Waals surface area (Å²) in [5.41, 5.74) is 0.912. The monoisotopic (exact) mass is 552 g/mol. The van der Waals surface area contributed by atoms with E-state index in [2.05, 4.69) is 27.7 Å². The maximum atomic E-state index is 12.0. The number of carbonyl (C=O) groups is 1. The lowest BCUT2D eigenvalue weighted by atomic mass is 9.41. The second-order valence-electron chi connectivity index (χ2n) is 15.5. The molecule has 5 aliphatic rings. The lowest BCUT2D eigenvalue weighted by molar-refractivity contribution is -0.204. The summed E-state index contributed by atoms with van der Waals surface area (Å²) in [4.78, 5) is 11.7. The summed E-state index contributed by atoms with van der Waals surface area (Å²) in [7, 11) is 0. The van der Waals surface area contributed by atoms with E-state index in [0.29, 0.717) is 53.9 Å². The fourth-order valence-corrected chi connectivity index (χ4v) is 12.0. The highest BCUT2D eigenvalue weighted by Gasteiger charge is 2.65. The molecule has 0 heterocycles. The first-order valence-corrected chi connectivity index (χ1v) is 16.3. The second kappa shape index (κ2) is 10.1. The van der Waals surface area contributed by atoms with Crippen molar-refractivity contribution in [1.29, 1.82) is 0 Å². The second-order valence-corrected chi connectivity index (χ2v) is 15.5. The summed E-state index contributed by atoms with van der Waals surface area (Å²) < 4.78 is 0. The molecule has 5 saturated carbocycles. The number of hydrogen-bond donors (Lipinski definition) is 4. The molecule has 5 aliphatic carbocycles. The Bertz CT molecular complexity index is 1110. The van der Waals surface area contributed by atoms with Gasteiger partial charge >= 0.3 is 5.97 Å². The van der Waals surface area contributed by atoms with Crippen LogP contribution in [0.5, 0.6) is 0 Å². The van der Waals surface area contributed by atoms with Gasteiger partial charge in [0.2, 0.25) is 0 Å². The van der Waals surface area contributed by atoms with E-state index in [9.17, 15) is 25.2 Å². The van der Waals surface area contributed by atoms with Crippen molar-refractivity contribution in [3.63, 3.8) is 0 Å². The van der Waals surface area contributed by atoms with E-state index in [0.717, 1.165) is 37.7 Å². The molecule has 0 spiro atoms. The maximum Gasteiger partial charge on any atom is 0.335 e. The Hall–Kier alpha value is -1.43. The van der Waals surface area contributed by atoms with Gasteiger partial charge in [0.05, 0.1) is 23.4 Å². The van der Waals surface area contributed by atoms with Gasteiger partial charge in [-0.05, 0) is 134 Å². The number of benzene rings is 1. The summed E-state index contributed by atoms with van der Waals surface area (Å²) >= 11 is 0. The highest BCUT2D eigenvalue weighted by molar-refractivity contribution is 5.89. The van der Waals surface area contributed by atoms with Crippen LogP contribution >= 0.6 is 0 Å². The molecule has 222 valence electrons. The lowest BCUT2D eigenvalue weighted by Gasteiger charge is -2.64. The summed E-state index contributed by atoms with van der Waals surface area (Å²) in [6, 6.07) is 7.26. The van der Waals surface area contributed by atoms with Gasteiger partial charge in [-0.25, -0.2) is 4.79 Å². The molecule has 5 unspecified atom stereocenters. The number of rotatable bonds is 6. The van der Waals surface area contributed by atoms with Gasteiger partial charge in [0.1, 0.15) is 0 Å². The van der Waals surface area contributed by atoms with Gasteiger partial charge in [-0.2, -0.15) is 0 Å². The molecule has 0 aliphatic heterocycles. The van der Waals surface area contributed by atoms with Crippen LogP contribution in [0, 0.1) is 52.3 Å². The van der Waals surface area contributed by atoms with Crippen LogP contribution in [0.2, 0.25) is 0 Å². The van der Waals surface area contributed by atoms with Gasteiger partial charge < -0.3 is 20.4 Å². The zero-order chi connectivity index (χ0) is 28.6. The van der Waals surface area contributed by atoms with E-state index >= 15 is 0 Å². The van der Waals surface area contributed by atoms with Crippen molar-refractivity contribution in [2.45, 2.75) is 122 Å². The number of carboxylic acids is 1. The molecule has 5 nitrogen and oxygen atoms in total. The molecular weight excluding hydrogens is 500 g/mol. The van der Waals surface area contributed by atoms with E-state index in [1.54, 1.807) is 12.1 Å². The smallest absolute Gasteiger partial charge is 0.335 e. The highest BCUT2D eigenvalue weighted by Crippen LogP contribution is 2.70. The Kier molecular flexibility index (Phi) is 7.23. The molecule has 5 heteroatoms. The van der Waals surface area contributed by atoms with E-state index in [1.165, 1.54) is 25.7 Å².